The van der Waals surface area contributed by atoms with E-state index in [0.29, 0.717) is 6.04 Å². The zero-order chi connectivity index (χ0) is 16.6. The predicted octanol–water partition coefficient (Wildman–Crippen LogP) is 4.27. The molecule has 0 aliphatic heterocycles. The highest BCUT2D eigenvalue weighted by molar-refractivity contribution is 8.00. The molecule has 3 rings (SSSR count). The van der Waals surface area contributed by atoms with Gasteiger partial charge in [-0.15, -0.1) is 10.2 Å². The monoisotopic (exact) mass is 329 g/mol. The Morgan fingerprint density at radius 3 is 2.48 bits per heavy atom. The fourth-order valence-electron chi connectivity index (χ4n) is 2.50. The van der Waals surface area contributed by atoms with Gasteiger partial charge in [0.15, 0.2) is 10.9 Å². The van der Waals surface area contributed by atoms with Gasteiger partial charge in [-0.3, -0.25) is 4.79 Å². The molecule has 122 valence electrons. The summed E-state index contributed by atoms with van der Waals surface area (Å²) in [5.74, 6) is 0.140. The van der Waals surface area contributed by atoms with E-state index in [0.717, 1.165) is 10.7 Å². The van der Waals surface area contributed by atoms with Gasteiger partial charge in [0, 0.05) is 11.6 Å². The molecular weight excluding hydrogens is 306 g/mol. The topological polar surface area (TPSA) is 47.8 Å². The second kappa shape index (κ2) is 6.11. The van der Waals surface area contributed by atoms with Crippen molar-refractivity contribution in [3.05, 3.63) is 41.7 Å². The van der Waals surface area contributed by atoms with E-state index in [4.69, 9.17) is 0 Å². The molecule has 1 aromatic heterocycles. The number of Topliss-reactive ketones (excluding diaryl/α,β-unsaturated/α-hetero) is 1. The van der Waals surface area contributed by atoms with Crippen LogP contribution in [0.25, 0.3) is 0 Å². The number of rotatable bonds is 5. The highest BCUT2D eigenvalue weighted by Crippen LogP contribution is 2.38. The predicted molar refractivity (Wildman–Crippen MR) is 93.1 cm³/mol. The fourth-order valence-corrected chi connectivity index (χ4v) is 3.47. The number of thioether (sulfide) groups is 1. The molecule has 0 N–H and O–H groups in total. The van der Waals surface area contributed by atoms with Crippen LogP contribution >= 0.6 is 11.8 Å². The lowest BCUT2D eigenvalue weighted by atomic mass is 9.86. The van der Waals surface area contributed by atoms with Crippen LogP contribution in [0.5, 0.6) is 0 Å². The number of nitrogens with zero attached hydrogens (tertiary/aromatic N) is 3. The number of hydrogen-bond donors (Lipinski definition) is 0. The van der Waals surface area contributed by atoms with Crippen molar-refractivity contribution in [2.75, 3.05) is 0 Å². The van der Waals surface area contributed by atoms with E-state index in [9.17, 15) is 4.79 Å². The third-order valence-electron chi connectivity index (χ3n) is 4.17. The summed E-state index contributed by atoms with van der Waals surface area (Å²) in [5.41, 5.74) is 2.10. The summed E-state index contributed by atoms with van der Waals surface area (Å²) in [6, 6.07) is 8.51. The lowest BCUT2D eigenvalue weighted by Gasteiger charge is -2.19. The van der Waals surface area contributed by atoms with Crippen LogP contribution in [0.15, 0.2) is 35.7 Å². The van der Waals surface area contributed by atoms with E-state index in [-0.39, 0.29) is 16.4 Å². The van der Waals surface area contributed by atoms with Crippen molar-refractivity contribution in [3.8, 4) is 0 Å². The van der Waals surface area contributed by atoms with Crippen molar-refractivity contribution in [2.24, 2.45) is 0 Å². The van der Waals surface area contributed by atoms with E-state index in [2.05, 4.69) is 47.7 Å². The molecule has 1 aliphatic carbocycles. The summed E-state index contributed by atoms with van der Waals surface area (Å²) >= 11 is 1.50. The largest absolute Gasteiger partial charge is 0.306 e. The van der Waals surface area contributed by atoms with E-state index >= 15 is 0 Å². The Bertz CT molecular complexity index is 696. The Labute approximate surface area is 141 Å². The molecule has 0 bridgehead atoms. The molecule has 0 saturated heterocycles. The van der Waals surface area contributed by atoms with Crippen LogP contribution in [0.3, 0.4) is 0 Å². The Morgan fingerprint density at radius 2 is 1.91 bits per heavy atom. The molecule has 1 atom stereocenters. The Kier molecular flexibility index (Phi) is 4.32. The van der Waals surface area contributed by atoms with Crippen molar-refractivity contribution < 1.29 is 4.79 Å². The lowest BCUT2D eigenvalue weighted by molar-refractivity contribution is 0.0993. The molecule has 1 saturated carbocycles. The first-order valence-corrected chi connectivity index (χ1v) is 8.95. The van der Waals surface area contributed by atoms with Crippen molar-refractivity contribution in [1.82, 2.24) is 14.8 Å². The van der Waals surface area contributed by atoms with Gasteiger partial charge in [-0.1, -0.05) is 56.8 Å². The standard InChI is InChI=1S/C18H23N3OS/c1-12(23-17-20-19-11-21(17)15-9-10-15)16(22)13-5-7-14(8-6-13)18(2,3)4/h5-8,11-12,15H,9-10H2,1-4H3. The van der Waals surface area contributed by atoms with Crippen LogP contribution in [0.4, 0.5) is 0 Å². The summed E-state index contributed by atoms with van der Waals surface area (Å²) in [5, 5.41) is 8.83. The summed E-state index contributed by atoms with van der Waals surface area (Å²) in [7, 11) is 0. The van der Waals surface area contributed by atoms with Gasteiger partial charge < -0.3 is 4.57 Å². The summed E-state index contributed by atoms with van der Waals surface area (Å²) in [4.78, 5) is 12.7. The average Bonchev–Trinajstić information content (AvgIpc) is 3.26. The molecule has 2 aromatic rings. The molecule has 1 fully saturated rings. The molecular formula is C18H23N3OS. The van der Waals surface area contributed by atoms with Gasteiger partial charge in [-0.25, -0.2) is 0 Å². The third-order valence-corrected chi connectivity index (χ3v) is 5.24. The Balaban J connectivity index is 1.70. The van der Waals surface area contributed by atoms with Crippen LogP contribution in [-0.4, -0.2) is 25.8 Å². The highest BCUT2D eigenvalue weighted by atomic mass is 32.2. The minimum absolute atomic E-state index is 0.0998. The van der Waals surface area contributed by atoms with Crippen LogP contribution in [0, 0.1) is 0 Å². The van der Waals surface area contributed by atoms with Crippen LogP contribution in [-0.2, 0) is 5.41 Å². The molecule has 1 aliphatic rings. The number of aromatic nitrogens is 3. The number of carbonyl (C=O) groups excluding carboxylic acids is 1. The van der Waals surface area contributed by atoms with E-state index in [1.54, 1.807) is 6.33 Å². The summed E-state index contributed by atoms with van der Waals surface area (Å²) in [6.45, 7) is 8.46. The first-order chi connectivity index (χ1) is 10.9. The molecule has 1 unspecified atom stereocenters. The van der Waals surface area contributed by atoms with E-state index in [1.165, 1.54) is 30.2 Å². The average molecular weight is 329 g/mol. The van der Waals surface area contributed by atoms with E-state index in [1.807, 2.05) is 19.1 Å². The molecule has 5 heteroatoms. The summed E-state index contributed by atoms with van der Waals surface area (Å²) in [6.07, 6.45) is 4.14. The van der Waals surface area contributed by atoms with Crippen LogP contribution in [0.1, 0.15) is 62.5 Å². The molecule has 1 heterocycles. The quantitative estimate of drug-likeness (QED) is 0.607. The van der Waals surface area contributed by atoms with Crippen molar-refractivity contribution in [1.29, 1.82) is 0 Å². The number of benzene rings is 1. The minimum Gasteiger partial charge on any atom is -0.306 e. The fraction of sp³-hybridized carbons (Fsp3) is 0.500. The lowest BCUT2D eigenvalue weighted by Crippen LogP contribution is -2.16. The molecule has 23 heavy (non-hydrogen) atoms. The van der Waals surface area contributed by atoms with Gasteiger partial charge in [-0.2, -0.15) is 0 Å². The van der Waals surface area contributed by atoms with Gasteiger partial charge >= 0.3 is 0 Å². The molecule has 0 spiro atoms. The van der Waals surface area contributed by atoms with Crippen LogP contribution < -0.4 is 0 Å². The van der Waals surface area contributed by atoms with Crippen molar-refractivity contribution in [2.45, 2.75) is 62.4 Å². The van der Waals surface area contributed by atoms with Gasteiger partial charge in [0.05, 0.1) is 5.25 Å². The van der Waals surface area contributed by atoms with Gasteiger partial charge in [0.25, 0.3) is 0 Å². The van der Waals surface area contributed by atoms with Gasteiger partial charge in [-0.05, 0) is 30.7 Å². The first kappa shape index (κ1) is 16.2. The molecule has 0 radical (unpaired) electrons. The normalized spacial score (nSPS) is 16.3. The van der Waals surface area contributed by atoms with Crippen LogP contribution in [0.2, 0.25) is 0 Å². The molecule has 1 aromatic carbocycles. The second-order valence-corrected chi connectivity index (χ2v) is 8.51. The maximum absolute atomic E-state index is 12.7. The minimum atomic E-state index is -0.169. The number of hydrogen-bond acceptors (Lipinski definition) is 4. The number of carbonyl (C=O) groups is 1. The number of ketones is 1. The van der Waals surface area contributed by atoms with Gasteiger partial charge in [0.2, 0.25) is 0 Å². The van der Waals surface area contributed by atoms with Gasteiger partial charge in [0.1, 0.15) is 6.33 Å². The zero-order valence-electron chi connectivity index (χ0n) is 14.1. The SMILES string of the molecule is CC(Sc1nncn1C1CC1)C(=O)c1ccc(C(C)(C)C)cc1. The molecule has 0 amide bonds. The van der Waals surface area contributed by atoms with Crippen molar-refractivity contribution >= 4 is 17.5 Å². The summed E-state index contributed by atoms with van der Waals surface area (Å²) < 4.78 is 2.09. The maximum atomic E-state index is 12.7. The maximum Gasteiger partial charge on any atom is 0.191 e. The first-order valence-electron chi connectivity index (χ1n) is 8.07. The smallest absolute Gasteiger partial charge is 0.191 e. The van der Waals surface area contributed by atoms with E-state index < -0.39 is 0 Å². The second-order valence-electron chi connectivity index (χ2n) is 7.20. The zero-order valence-corrected chi connectivity index (χ0v) is 14.9. The Morgan fingerprint density at radius 1 is 1.26 bits per heavy atom. The molecule has 4 nitrogen and oxygen atoms in total. The highest BCUT2D eigenvalue weighted by Gasteiger charge is 2.28. The third kappa shape index (κ3) is 3.66. The van der Waals surface area contributed by atoms with Crippen molar-refractivity contribution in [3.63, 3.8) is 0 Å². The Hall–Kier alpha value is -1.62.